The third-order valence-electron chi connectivity index (χ3n) is 3.93. The Kier molecular flexibility index (Phi) is 5.40. The van der Waals surface area contributed by atoms with Crippen molar-refractivity contribution in [3.63, 3.8) is 0 Å². The maximum atomic E-state index is 12.3. The second-order valence-corrected chi connectivity index (χ2v) is 7.11. The maximum absolute atomic E-state index is 12.3. The Balaban J connectivity index is 1.82. The molecule has 2 rings (SSSR count). The number of hydrogen-bond acceptors (Lipinski definition) is 2. The van der Waals surface area contributed by atoms with Gasteiger partial charge in [0.1, 0.15) is 0 Å². The van der Waals surface area contributed by atoms with Gasteiger partial charge >= 0.3 is 0 Å². The molecule has 1 N–H and O–H groups in total. The van der Waals surface area contributed by atoms with Crippen LogP contribution in [0.3, 0.4) is 0 Å². The SMILES string of the molecule is CC(C)(C)NC(=O)C1CCCN(CCc2ccccc2)C1. The summed E-state index contributed by atoms with van der Waals surface area (Å²) in [5, 5.41) is 3.12. The molecule has 1 aromatic carbocycles. The normalized spacial score (nSPS) is 20.2. The number of rotatable bonds is 4. The van der Waals surface area contributed by atoms with Gasteiger partial charge in [0, 0.05) is 18.6 Å². The number of piperidine rings is 1. The van der Waals surface area contributed by atoms with Gasteiger partial charge in [-0.05, 0) is 52.1 Å². The van der Waals surface area contributed by atoms with Crippen molar-refractivity contribution in [2.75, 3.05) is 19.6 Å². The van der Waals surface area contributed by atoms with Gasteiger partial charge in [-0.1, -0.05) is 30.3 Å². The zero-order valence-electron chi connectivity index (χ0n) is 13.6. The first-order valence-corrected chi connectivity index (χ1v) is 8.02. The summed E-state index contributed by atoms with van der Waals surface area (Å²) in [6, 6.07) is 10.6. The minimum Gasteiger partial charge on any atom is -0.351 e. The largest absolute Gasteiger partial charge is 0.351 e. The molecule has 1 heterocycles. The van der Waals surface area contributed by atoms with Crippen LogP contribution in [0.15, 0.2) is 30.3 Å². The van der Waals surface area contributed by atoms with Gasteiger partial charge in [0.05, 0.1) is 5.92 Å². The monoisotopic (exact) mass is 288 g/mol. The van der Waals surface area contributed by atoms with Gasteiger partial charge in [-0.25, -0.2) is 0 Å². The molecule has 1 amide bonds. The van der Waals surface area contributed by atoms with Crippen molar-refractivity contribution >= 4 is 5.91 Å². The van der Waals surface area contributed by atoms with Crippen molar-refractivity contribution in [1.82, 2.24) is 10.2 Å². The highest BCUT2D eigenvalue weighted by atomic mass is 16.2. The number of likely N-dealkylation sites (tertiary alicyclic amines) is 1. The molecule has 1 atom stereocenters. The molecule has 0 aliphatic carbocycles. The van der Waals surface area contributed by atoms with Crippen molar-refractivity contribution in [3.8, 4) is 0 Å². The lowest BCUT2D eigenvalue weighted by Crippen LogP contribution is -2.48. The second-order valence-electron chi connectivity index (χ2n) is 7.11. The maximum Gasteiger partial charge on any atom is 0.224 e. The molecule has 0 saturated carbocycles. The van der Waals surface area contributed by atoms with Gasteiger partial charge in [-0.15, -0.1) is 0 Å². The van der Waals surface area contributed by atoms with E-state index in [1.165, 1.54) is 5.56 Å². The average Bonchev–Trinajstić information content (AvgIpc) is 2.45. The number of amides is 1. The fourth-order valence-electron chi connectivity index (χ4n) is 2.88. The van der Waals surface area contributed by atoms with Crippen LogP contribution in [0.25, 0.3) is 0 Å². The quantitative estimate of drug-likeness (QED) is 0.924. The first kappa shape index (κ1) is 16.0. The molecule has 116 valence electrons. The summed E-state index contributed by atoms with van der Waals surface area (Å²) in [6.45, 7) is 9.19. The Hall–Kier alpha value is -1.35. The Morgan fingerprint density at radius 2 is 2.00 bits per heavy atom. The molecule has 1 saturated heterocycles. The molecule has 3 heteroatoms. The lowest BCUT2D eigenvalue weighted by atomic mass is 9.95. The van der Waals surface area contributed by atoms with Crippen LogP contribution < -0.4 is 5.32 Å². The highest BCUT2D eigenvalue weighted by Gasteiger charge is 2.27. The van der Waals surface area contributed by atoms with Crippen LogP contribution >= 0.6 is 0 Å². The fourth-order valence-corrected chi connectivity index (χ4v) is 2.88. The van der Waals surface area contributed by atoms with E-state index in [0.717, 1.165) is 38.9 Å². The minimum absolute atomic E-state index is 0.136. The minimum atomic E-state index is -0.136. The molecule has 3 nitrogen and oxygen atoms in total. The molecular formula is C18H28N2O. The van der Waals surface area contributed by atoms with E-state index in [1.807, 2.05) is 20.8 Å². The summed E-state index contributed by atoms with van der Waals surface area (Å²) in [5.74, 6) is 0.362. The van der Waals surface area contributed by atoms with Gasteiger partial charge in [0.25, 0.3) is 0 Å². The molecule has 1 aliphatic heterocycles. The van der Waals surface area contributed by atoms with Crippen LogP contribution in [0.5, 0.6) is 0 Å². The smallest absolute Gasteiger partial charge is 0.224 e. The molecule has 0 radical (unpaired) electrons. The lowest BCUT2D eigenvalue weighted by molar-refractivity contribution is -0.128. The predicted molar refractivity (Wildman–Crippen MR) is 87.2 cm³/mol. The van der Waals surface area contributed by atoms with Gasteiger partial charge in [-0.3, -0.25) is 4.79 Å². The van der Waals surface area contributed by atoms with E-state index >= 15 is 0 Å². The van der Waals surface area contributed by atoms with Crippen molar-refractivity contribution in [3.05, 3.63) is 35.9 Å². The Morgan fingerprint density at radius 3 is 2.67 bits per heavy atom. The van der Waals surface area contributed by atoms with Crippen LogP contribution in [-0.4, -0.2) is 36.0 Å². The molecular weight excluding hydrogens is 260 g/mol. The molecule has 1 unspecified atom stereocenters. The highest BCUT2D eigenvalue weighted by Crippen LogP contribution is 2.18. The standard InChI is InChI=1S/C18H28N2O/c1-18(2,3)19-17(21)16-10-7-12-20(14-16)13-11-15-8-5-4-6-9-15/h4-6,8-9,16H,7,10-14H2,1-3H3,(H,19,21). The van der Waals surface area contributed by atoms with E-state index in [9.17, 15) is 4.79 Å². The Bertz CT molecular complexity index is 450. The first-order valence-electron chi connectivity index (χ1n) is 8.02. The average molecular weight is 288 g/mol. The summed E-state index contributed by atoms with van der Waals surface area (Å²) >= 11 is 0. The zero-order valence-corrected chi connectivity index (χ0v) is 13.6. The number of carbonyl (C=O) groups is 1. The van der Waals surface area contributed by atoms with Crippen LogP contribution in [0, 0.1) is 5.92 Å². The van der Waals surface area contributed by atoms with Crippen molar-refractivity contribution in [2.45, 2.75) is 45.6 Å². The molecule has 21 heavy (non-hydrogen) atoms. The molecule has 1 aliphatic rings. The van der Waals surface area contributed by atoms with Gasteiger partial charge in [0.15, 0.2) is 0 Å². The van der Waals surface area contributed by atoms with E-state index in [4.69, 9.17) is 0 Å². The van der Waals surface area contributed by atoms with E-state index in [-0.39, 0.29) is 17.4 Å². The topological polar surface area (TPSA) is 32.3 Å². The molecule has 0 spiro atoms. The Labute approximate surface area is 128 Å². The fraction of sp³-hybridized carbons (Fsp3) is 0.611. The number of nitrogens with one attached hydrogen (secondary N) is 1. The number of carbonyl (C=O) groups excluding carboxylic acids is 1. The van der Waals surface area contributed by atoms with E-state index in [0.29, 0.717) is 0 Å². The van der Waals surface area contributed by atoms with Crippen LogP contribution in [0.4, 0.5) is 0 Å². The lowest BCUT2D eigenvalue weighted by Gasteiger charge is -2.33. The van der Waals surface area contributed by atoms with Crippen molar-refractivity contribution in [1.29, 1.82) is 0 Å². The second kappa shape index (κ2) is 7.08. The summed E-state index contributed by atoms with van der Waals surface area (Å²) < 4.78 is 0. The summed E-state index contributed by atoms with van der Waals surface area (Å²) in [7, 11) is 0. The van der Waals surface area contributed by atoms with E-state index in [1.54, 1.807) is 0 Å². The number of nitrogens with zero attached hydrogens (tertiary/aromatic N) is 1. The number of benzene rings is 1. The third-order valence-corrected chi connectivity index (χ3v) is 3.93. The summed E-state index contributed by atoms with van der Waals surface area (Å²) in [6.07, 6.45) is 3.20. The van der Waals surface area contributed by atoms with Crippen LogP contribution in [0.1, 0.15) is 39.2 Å². The highest BCUT2D eigenvalue weighted by molar-refractivity contribution is 5.79. The summed E-state index contributed by atoms with van der Waals surface area (Å²) in [4.78, 5) is 14.7. The predicted octanol–water partition coefficient (Wildman–Crippen LogP) is 2.86. The molecule has 1 aromatic rings. The van der Waals surface area contributed by atoms with Crippen molar-refractivity contribution < 1.29 is 4.79 Å². The first-order chi connectivity index (χ1) is 9.94. The third kappa shape index (κ3) is 5.50. The van der Waals surface area contributed by atoms with Crippen molar-refractivity contribution in [2.24, 2.45) is 5.92 Å². The zero-order chi connectivity index (χ0) is 15.3. The van der Waals surface area contributed by atoms with E-state index < -0.39 is 0 Å². The molecule has 0 bridgehead atoms. The number of hydrogen-bond donors (Lipinski definition) is 1. The van der Waals surface area contributed by atoms with Gasteiger partial charge in [-0.2, -0.15) is 0 Å². The van der Waals surface area contributed by atoms with Crippen LogP contribution in [0.2, 0.25) is 0 Å². The van der Waals surface area contributed by atoms with Gasteiger partial charge < -0.3 is 10.2 Å². The molecule has 0 aromatic heterocycles. The van der Waals surface area contributed by atoms with Crippen LogP contribution in [-0.2, 0) is 11.2 Å². The summed E-state index contributed by atoms with van der Waals surface area (Å²) in [5.41, 5.74) is 1.24. The Morgan fingerprint density at radius 1 is 1.29 bits per heavy atom. The van der Waals surface area contributed by atoms with Gasteiger partial charge in [0.2, 0.25) is 5.91 Å². The molecule has 1 fully saturated rings. The van der Waals surface area contributed by atoms with E-state index in [2.05, 4.69) is 40.5 Å².